The highest BCUT2D eigenvalue weighted by Crippen LogP contribution is 2.40. The van der Waals surface area contributed by atoms with Crippen molar-refractivity contribution in [2.45, 2.75) is 38.0 Å². The molecular weight excluding hydrogens is 394 g/mol. The van der Waals surface area contributed by atoms with E-state index in [-0.39, 0.29) is 10.8 Å². The van der Waals surface area contributed by atoms with E-state index >= 15 is 0 Å². The van der Waals surface area contributed by atoms with E-state index in [4.69, 9.17) is 4.74 Å². The maximum absolute atomic E-state index is 12.2. The van der Waals surface area contributed by atoms with Crippen molar-refractivity contribution in [3.8, 4) is 5.75 Å². The largest absolute Gasteiger partial charge is 0.598 e. The zero-order chi connectivity index (χ0) is 14.2. The van der Waals surface area contributed by atoms with Crippen molar-refractivity contribution in [1.29, 1.82) is 0 Å². The maximum Gasteiger partial charge on any atom is 0.138 e. The van der Waals surface area contributed by atoms with Crippen molar-refractivity contribution in [2.24, 2.45) is 0 Å². The molecule has 1 N–H and O–H groups in total. The zero-order valence-corrected chi connectivity index (χ0v) is 15.1. The summed E-state index contributed by atoms with van der Waals surface area (Å²) in [5, 5.41) is 0. The Bertz CT molecular complexity index is 476. The van der Waals surface area contributed by atoms with E-state index in [1.807, 2.05) is 32.9 Å². The maximum atomic E-state index is 12.2. The molecule has 0 saturated heterocycles. The summed E-state index contributed by atoms with van der Waals surface area (Å²) in [6, 6.07) is 4.04. The van der Waals surface area contributed by atoms with E-state index in [9.17, 15) is 4.55 Å². The summed E-state index contributed by atoms with van der Waals surface area (Å²) in [6.07, 6.45) is 0.817. The van der Waals surface area contributed by atoms with Gasteiger partial charge < -0.3 is 9.29 Å². The summed E-state index contributed by atoms with van der Waals surface area (Å²) in [6.45, 7) is 6.53. The van der Waals surface area contributed by atoms with Crippen molar-refractivity contribution >= 4 is 43.2 Å². The molecular formula is C13H17Br2NO2S. The second-order valence-electron chi connectivity index (χ2n) is 5.49. The van der Waals surface area contributed by atoms with Gasteiger partial charge in [-0.2, -0.15) is 0 Å². The van der Waals surface area contributed by atoms with Gasteiger partial charge in [0.15, 0.2) is 0 Å². The molecule has 0 amide bonds. The standard InChI is InChI=1S/C13H17Br2NO2S/c1-13(2,3)19(17)16-11-4-5-18-12-9(11)6-8(14)7-10(12)15/h6-7,11,16H,4-5H2,1-3H3/t11-,19?/m1/s1. The first-order chi connectivity index (χ1) is 8.79. The third-order valence-corrected chi connectivity index (χ3v) is 5.53. The molecule has 2 rings (SSSR count). The molecule has 1 unspecified atom stereocenters. The van der Waals surface area contributed by atoms with Gasteiger partial charge in [0.25, 0.3) is 0 Å². The normalized spacial score (nSPS) is 20.6. The van der Waals surface area contributed by atoms with E-state index in [0.717, 1.165) is 26.7 Å². The van der Waals surface area contributed by atoms with E-state index in [0.29, 0.717) is 6.61 Å². The number of fused-ring (bicyclic) bond motifs is 1. The Morgan fingerprint density at radius 3 is 2.68 bits per heavy atom. The van der Waals surface area contributed by atoms with Crippen molar-refractivity contribution in [1.82, 2.24) is 4.72 Å². The van der Waals surface area contributed by atoms with Crippen LogP contribution in [0.2, 0.25) is 0 Å². The fourth-order valence-corrected chi connectivity index (χ4v) is 4.08. The van der Waals surface area contributed by atoms with Crippen LogP contribution >= 0.6 is 31.9 Å². The molecule has 1 aliphatic rings. The van der Waals surface area contributed by atoms with Gasteiger partial charge in [-0.3, -0.25) is 0 Å². The fourth-order valence-electron chi connectivity index (χ4n) is 1.85. The van der Waals surface area contributed by atoms with E-state index in [1.54, 1.807) is 0 Å². The van der Waals surface area contributed by atoms with Gasteiger partial charge in [0, 0.05) is 27.8 Å². The molecule has 19 heavy (non-hydrogen) atoms. The molecule has 6 heteroatoms. The number of ether oxygens (including phenoxy) is 1. The number of hydrogen-bond donors (Lipinski definition) is 1. The highest BCUT2D eigenvalue weighted by Gasteiger charge is 2.33. The van der Waals surface area contributed by atoms with Crippen molar-refractivity contribution < 1.29 is 9.29 Å². The molecule has 0 radical (unpaired) electrons. The number of hydrogen-bond acceptors (Lipinski definition) is 3. The number of rotatable bonds is 2. The Morgan fingerprint density at radius 1 is 1.37 bits per heavy atom. The van der Waals surface area contributed by atoms with Crippen LogP contribution in [0.15, 0.2) is 21.1 Å². The van der Waals surface area contributed by atoms with Gasteiger partial charge in [0.1, 0.15) is 10.5 Å². The minimum absolute atomic E-state index is 0.0533. The highest BCUT2D eigenvalue weighted by molar-refractivity contribution is 9.11. The Kier molecular flexibility index (Phi) is 4.88. The molecule has 2 atom stereocenters. The predicted octanol–water partition coefficient (Wildman–Crippen LogP) is 4.09. The molecule has 0 bridgehead atoms. The molecule has 0 aliphatic carbocycles. The van der Waals surface area contributed by atoms with Crippen molar-refractivity contribution in [2.75, 3.05) is 6.61 Å². The van der Waals surface area contributed by atoms with E-state index in [1.165, 1.54) is 0 Å². The summed E-state index contributed by atoms with van der Waals surface area (Å²) in [7, 11) is 0. The Morgan fingerprint density at radius 2 is 2.05 bits per heavy atom. The molecule has 1 heterocycles. The highest BCUT2D eigenvalue weighted by atomic mass is 79.9. The Balaban J connectivity index is 2.27. The van der Waals surface area contributed by atoms with Crippen LogP contribution in [0.25, 0.3) is 0 Å². The monoisotopic (exact) mass is 409 g/mol. The molecule has 1 aliphatic heterocycles. The summed E-state index contributed by atoms with van der Waals surface area (Å²) in [4.78, 5) is 0. The SMILES string of the molecule is CC(C)(C)[S+]([O-])N[C@@H]1CCOc2c(Br)cc(Br)cc21. The molecule has 106 valence electrons. The number of nitrogens with one attached hydrogen (secondary N) is 1. The van der Waals surface area contributed by atoms with Gasteiger partial charge >= 0.3 is 0 Å². The molecule has 0 aromatic heterocycles. The Hall–Kier alpha value is 0.250. The lowest BCUT2D eigenvalue weighted by molar-refractivity contribution is 0.260. The van der Waals surface area contributed by atoms with Gasteiger partial charge in [0.05, 0.1) is 17.1 Å². The first kappa shape index (κ1) is 15.6. The van der Waals surface area contributed by atoms with Gasteiger partial charge in [-0.25, -0.2) is 0 Å². The quantitative estimate of drug-likeness (QED) is 0.746. The summed E-state index contributed by atoms with van der Waals surface area (Å²) >= 11 is 5.90. The van der Waals surface area contributed by atoms with Crippen LogP contribution in [-0.2, 0) is 11.4 Å². The number of halogens is 2. The Labute approximate surface area is 134 Å². The smallest absolute Gasteiger partial charge is 0.138 e. The van der Waals surface area contributed by atoms with E-state index in [2.05, 4.69) is 36.6 Å². The molecule has 3 nitrogen and oxygen atoms in total. The van der Waals surface area contributed by atoms with Crippen molar-refractivity contribution in [3.05, 3.63) is 26.6 Å². The van der Waals surface area contributed by atoms with Gasteiger partial charge in [0.2, 0.25) is 0 Å². The van der Waals surface area contributed by atoms with Crippen LogP contribution in [0.3, 0.4) is 0 Å². The summed E-state index contributed by atoms with van der Waals surface area (Å²) in [5.41, 5.74) is 1.05. The minimum Gasteiger partial charge on any atom is -0.598 e. The van der Waals surface area contributed by atoms with Crippen LogP contribution in [0.5, 0.6) is 5.75 Å². The molecule has 0 spiro atoms. The second kappa shape index (κ2) is 5.93. The average Bonchev–Trinajstić information content (AvgIpc) is 2.28. The molecule has 1 aromatic rings. The number of benzene rings is 1. The molecule has 1 aromatic carbocycles. The van der Waals surface area contributed by atoms with Crippen LogP contribution in [0.1, 0.15) is 38.8 Å². The second-order valence-corrected chi connectivity index (χ2v) is 9.26. The molecule has 0 fully saturated rings. The minimum atomic E-state index is -1.09. The topological polar surface area (TPSA) is 44.3 Å². The summed E-state index contributed by atoms with van der Waals surface area (Å²) in [5.74, 6) is 0.845. The lowest BCUT2D eigenvalue weighted by Gasteiger charge is -2.31. The van der Waals surface area contributed by atoms with Gasteiger partial charge in [-0.15, -0.1) is 4.72 Å². The lowest BCUT2D eigenvalue weighted by Crippen LogP contribution is -2.42. The summed E-state index contributed by atoms with van der Waals surface area (Å²) < 4.78 is 22.8. The van der Waals surface area contributed by atoms with Crippen molar-refractivity contribution in [3.63, 3.8) is 0 Å². The van der Waals surface area contributed by atoms with E-state index < -0.39 is 11.4 Å². The van der Waals surface area contributed by atoms with Crippen LogP contribution in [0.4, 0.5) is 0 Å². The lowest BCUT2D eigenvalue weighted by atomic mass is 10.0. The van der Waals surface area contributed by atoms with Crippen LogP contribution in [0, 0.1) is 0 Å². The van der Waals surface area contributed by atoms with Crippen LogP contribution < -0.4 is 9.46 Å². The third-order valence-electron chi connectivity index (χ3n) is 2.87. The van der Waals surface area contributed by atoms with Gasteiger partial charge in [-0.05, 0) is 48.8 Å². The predicted molar refractivity (Wildman–Crippen MR) is 85.7 cm³/mol. The zero-order valence-electron chi connectivity index (χ0n) is 11.1. The fraction of sp³-hybridized carbons (Fsp3) is 0.538. The molecule has 0 saturated carbocycles. The first-order valence-corrected chi connectivity index (χ1v) is 8.82. The first-order valence-electron chi connectivity index (χ1n) is 6.09. The third kappa shape index (κ3) is 3.67. The average molecular weight is 411 g/mol. The van der Waals surface area contributed by atoms with Gasteiger partial charge in [-0.1, -0.05) is 15.9 Å². The van der Waals surface area contributed by atoms with Crippen LogP contribution in [-0.4, -0.2) is 15.9 Å².